The summed E-state index contributed by atoms with van der Waals surface area (Å²) in [6.45, 7) is 1.75. The molecular formula is C13H17FO4. The number of hydrogen-bond donors (Lipinski definition) is 0. The number of halogens is 1. The van der Waals surface area contributed by atoms with Gasteiger partial charge in [0.05, 0.1) is 12.2 Å². The molecule has 1 aromatic rings. The maximum atomic E-state index is 13.4. The second-order valence-electron chi connectivity index (χ2n) is 3.58. The quantitative estimate of drug-likeness (QED) is 0.501. The molecule has 0 aromatic heterocycles. The van der Waals surface area contributed by atoms with Crippen molar-refractivity contribution in [3.8, 4) is 5.75 Å². The van der Waals surface area contributed by atoms with Crippen LogP contribution in [0.1, 0.15) is 16.8 Å². The van der Waals surface area contributed by atoms with Gasteiger partial charge in [0.15, 0.2) is 17.9 Å². The molecule has 0 atom stereocenters. The predicted octanol–water partition coefficient (Wildman–Crippen LogP) is 2.07. The normalized spacial score (nSPS) is 10.3. The van der Waals surface area contributed by atoms with Crippen molar-refractivity contribution in [1.82, 2.24) is 0 Å². The number of rotatable bonds is 9. The van der Waals surface area contributed by atoms with Gasteiger partial charge in [0.2, 0.25) is 0 Å². The van der Waals surface area contributed by atoms with Crippen LogP contribution in [0.2, 0.25) is 0 Å². The standard InChI is InChI=1S/C13H17FO4/c1-16-6-3-7-17-8-9-18-13-11(10-15)4-2-5-12(13)14/h2,4-5,10H,3,6-9H2,1H3. The first kappa shape index (κ1) is 14.6. The molecule has 18 heavy (non-hydrogen) atoms. The maximum Gasteiger partial charge on any atom is 0.165 e. The van der Waals surface area contributed by atoms with Gasteiger partial charge < -0.3 is 14.2 Å². The highest BCUT2D eigenvalue weighted by Gasteiger charge is 2.08. The van der Waals surface area contributed by atoms with Crippen molar-refractivity contribution in [3.63, 3.8) is 0 Å². The summed E-state index contributed by atoms with van der Waals surface area (Å²) < 4.78 is 28.7. The van der Waals surface area contributed by atoms with Crippen LogP contribution in [0.5, 0.6) is 5.75 Å². The fraction of sp³-hybridized carbons (Fsp3) is 0.462. The smallest absolute Gasteiger partial charge is 0.165 e. The molecule has 100 valence electrons. The molecule has 0 bridgehead atoms. The van der Waals surface area contributed by atoms with Crippen molar-refractivity contribution in [3.05, 3.63) is 29.6 Å². The van der Waals surface area contributed by atoms with Crippen LogP contribution in [0, 0.1) is 5.82 Å². The molecule has 0 aliphatic rings. The molecule has 0 unspecified atom stereocenters. The van der Waals surface area contributed by atoms with Gasteiger partial charge in [0, 0.05) is 20.3 Å². The minimum absolute atomic E-state index is 0.0204. The van der Waals surface area contributed by atoms with Crippen molar-refractivity contribution < 1.29 is 23.4 Å². The lowest BCUT2D eigenvalue weighted by Gasteiger charge is -2.09. The number of carbonyl (C=O) groups excluding carboxylic acids is 1. The summed E-state index contributed by atoms with van der Waals surface area (Å²) in [5, 5.41) is 0. The first-order valence-corrected chi connectivity index (χ1v) is 5.72. The van der Waals surface area contributed by atoms with E-state index in [4.69, 9.17) is 14.2 Å². The lowest BCUT2D eigenvalue weighted by Crippen LogP contribution is -2.10. The van der Waals surface area contributed by atoms with Gasteiger partial charge in [-0.05, 0) is 18.6 Å². The van der Waals surface area contributed by atoms with Crippen molar-refractivity contribution in [1.29, 1.82) is 0 Å². The van der Waals surface area contributed by atoms with Crippen LogP contribution in [-0.2, 0) is 9.47 Å². The molecule has 0 spiro atoms. The highest BCUT2D eigenvalue weighted by molar-refractivity contribution is 5.79. The Morgan fingerprint density at radius 3 is 2.78 bits per heavy atom. The van der Waals surface area contributed by atoms with Gasteiger partial charge in [-0.15, -0.1) is 0 Å². The van der Waals surface area contributed by atoms with Crippen molar-refractivity contribution in [2.75, 3.05) is 33.5 Å². The van der Waals surface area contributed by atoms with Gasteiger partial charge in [-0.1, -0.05) is 6.07 Å². The van der Waals surface area contributed by atoms with Crippen LogP contribution in [0.15, 0.2) is 18.2 Å². The first-order chi connectivity index (χ1) is 8.79. The van der Waals surface area contributed by atoms with E-state index in [9.17, 15) is 9.18 Å². The highest BCUT2D eigenvalue weighted by atomic mass is 19.1. The number of aldehydes is 1. The third-order valence-corrected chi connectivity index (χ3v) is 2.24. The summed E-state index contributed by atoms with van der Waals surface area (Å²) in [5.74, 6) is -0.563. The fourth-order valence-electron chi connectivity index (χ4n) is 1.38. The Morgan fingerprint density at radius 2 is 2.06 bits per heavy atom. The number of hydrogen-bond acceptors (Lipinski definition) is 4. The molecule has 0 saturated heterocycles. The summed E-state index contributed by atoms with van der Waals surface area (Å²) in [5.41, 5.74) is 0.203. The molecule has 0 heterocycles. The monoisotopic (exact) mass is 256 g/mol. The zero-order valence-corrected chi connectivity index (χ0v) is 10.4. The van der Waals surface area contributed by atoms with E-state index in [2.05, 4.69) is 0 Å². The molecule has 1 rings (SSSR count). The zero-order valence-electron chi connectivity index (χ0n) is 10.4. The number of ether oxygens (including phenoxy) is 3. The summed E-state index contributed by atoms with van der Waals surface area (Å²) in [6, 6.07) is 4.22. The Morgan fingerprint density at radius 1 is 1.22 bits per heavy atom. The summed E-state index contributed by atoms with van der Waals surface area (Å²) >= 11 is 0. The molecule has 0 N–H and O–H groups in total. The van der Waals surface area contributed by atoms with Crippen molar-refractivity contribution in [2.45, 2.75) is 6.42 Å². The van der Waals surface area contributed by atoms with E-state index in [1.165, 1.54) is 18.2 Å². The Kier molecular flexibility index (Phi) is 6.98. The average Bonchev–Trinajstić information content (AvgIpc) is 2.39. The zero-order chi connectivity index (χ0) is 13.2. The van der Waals surface area contributed by atoms with Crippen LogP contribution in [0.4, 0.5) is 4.39 Å². The van der Waals surface area contributed by atoms with E-state index in [0.29, 0.717) is 26.1 Å². The van der Waals surface area contributed by atoms with Gasteiger partial charge in [0.1, 0.15) is 6.61 Å². The van der Waals surface area contributed by atoms with Gasteiger partial charge in [-0.2, -0.15) is 0 Å². The molecule has 0 radical (unpaired) electrons. The number of para-hydroxylation sites is 1. The van der Waals surface area contributed by atoms with E-state index in [0.717, 1.165) is 6.42 Å². The minimum atomic E-state index is -0.543. The molecule has 0 aliphatic heterocycles. The van der Waals surface area contributed by atoms with Gasteiger partial charge >= 0.3 is 0 Å². The first-order valence-electron chi connectivity index (χ1n) is 5.72. The summed E-state index contributed by atoms with van der Waals surface area (Å²) in [4.78, 5) is 10.7. The topological polar surface area (TPSA) is 44.8 Å². The third-order valence-electron chi connectivity index (χ3n) is 2.24. The Labute approximate surface area is 106 Å². The minimum Gasteiger partial charge on any atom is -0.487 e. The lowest BCUT2D eigenvalue weighted by molar-refractivity contribution is 0.0792. The Hall–Kier alpha value is -1.46. The van der Waals surface area contributed by atoms with Gasteiger partial charge in [-0.25, -0.2) is 4.39 Å². The maximum absolute atomic E-state index is 13.4. The summed E-state index contributed by atoms with van der Waals surface area (Å²) in [7, 11) is 1.63. The molecule has 0 fully saturated rings. The predicted molar refractivity (Wildman–Crippen MR) is 64.6 cm³/mol. The number of benzene rings is 1. The SMILES string of the molecule is COCCCOCCOc1c(F)cccc1C=O. The van der Waals surface area contributed by atoms with E-state index < -0.39 is 5.82 Å². The molecule has 0 saturated carbocycles. The molecule has 0 aliphatic carbocycles. The second-order valence-corrected chi connectivity index (χ2v) is 3.58. The summed E-state index contributed by atoms with van der Waals surface area (Å²) in [6.07, 6.45) is 1.37. The average molecular weight is 256 g/mol. The Balaban J connectivity index is 2.29. The number of methoxy groups -OCH3 is 1. The Bertz CT molecular complexity index is 368. The van der Waals surface area contributed by atoms with Crippen LogP contribution in [0.25, 0.3) is 0 Å². The van der Waals surface area contributed by atoms with Crippen LogP contribution in [-0.4, -0.2) is 39.8 Å². The third kappa shape index (κ3) is 4.81. The largest absolute Gasteiger partial charge is 0.487 e. The molecule has 1 aromatic carbocycles. The number of carbonyl (C=O) groups is 1. The lowest BCUT2D eigenvalue weighted by atomic mass is 10.2. The molecule has 5 heteroatoms. The highest BCUT2D eigenvalue weighted by Crippen LogP contribution is 2.20. The van der Waals surface area contributed by atoms with E-state index in [1.54, 1.807) is 7.11 Å². The van der Waals surface area contributed by atoms with Gasteiger partial charge in [-0.3, -0.25) is 4.79 Å². The molecule has 4 nitrogen and oxygen atoms in total. The van der Waals surface area contributed by atoms with Crippen molar-refractivity contribution >= 4 is 6.29 Å². The van der Waals surface area contributed by atoms with Crippen molar-refractivity contribution in [2.24, 2.45) is 0 Å². The van der Waals surface area contributed by atoms with Crippen LogP contribution in [0.3, 0.4) is 0 Å². The van der Waals surface area contributed by atoms with Crippen LogP contribution < -0.4 is 4.74 Å². The molecular weight excluding hydrogens is 239 g/mol. The van der Waals surface area contributed by atoms with Gasteiger partial charge in [0.25, 0.3) is 0 Å². The van der Waals surface area contributed by atoms with Crippen LogP contribution >= 0.6 is 0 Å². The van der Waals surface area contributed by atoms with E-state index in [1.807, 2.05) is 0 Å². The fourth-order valence-corrected chi connectivity index (χ4v) is 1.38. The van der Waals surface area contributed by atoms with E-state index >= 15 is 0 Å². The molecule has 0 amide bonds. The van der Waals surface area contributed by atoms with E-state index in [-0.39, 0.29) is 17.9 Å². The second kappa shape index (κ2) is 8.60.